The Morgan fingerprint density at radius 3 is 2.92 bits per heavy atom. The number of hydrogen-bond acceptors (Lipinski definition) is 4. The second-order valence-electron chi connectivity index (χ2n) is 2.49. The molecule has 5 heteroatoms. The normalized spacial score (nSPS) is 12.5. The fraction of sp³-hybridized carbons (Fsp3) is 0.250. The largest absolute Gasteiger partial charge is 0.366 e. The fourth-order valence-electron chi connectivity index (χ4n) is 0.878. The maximum Gasteiger partial charge on any atom is 0.248 e. The zero-order chi connectivity index (χ0) is 9.84. The van der Waals surface area contributed by atoms with Crippen LogP contribution in [0.3, 0.4) is 0 Å². The third kappa shape index (κ3) is 2.24. The second kappa shape index (κ2) is 3.97. The molecule has 5 nitrogen and oxygen atoms in total. The number of primary amides is 1. The molecule has 1 rings (SSSR count). The van der Waals surface area contributed by atoms with Crippen molar-refractivity contribution in [1.29, 1.82) is 0 Å². The molecule has 0 fully saturated rings. The van der Waals surface area contributed by atoms with Crippen molar-refractivity contribution < 1.29 is 9.53 Å². The van der Waals surface area contributed by atoms with Crippen LogP contribution in [0.1, 0.15) is 22.3 Å². The third-order valence-electron chi connectivity index (χ3n) is 1.61. The quantitative estimate of drug-likeness (QED) is 0.631. The smallest absolute Gasteiger partial charge is 0.248 e. The van der Waals surface area contributed by atoms with Gasteiger partial charge < -0.3 is 16.2 Å². The molecule has 70 valence electrons. The van der Waals surface area contributed by atoms with Crippen molar-refractivity contribution in [2.45, 2.75) is 6.23 Å². The van der Waals surface area contributed by atoms with Crippen molar-refractivity contribution in [1.82, 2.24) is 4.98 Å². The number of nitrogens with zero attached hydrogens (tertiary/aromatic N) is 1. The van der Waals surface area contributed by atoms with Crippen LogP contribution in [-0.2, 0) is 4.74 Å². The molecule has 0 aromatic carbocycles. The Hall–Kier alpha value is -1.46. The highest BCUT2D eigenvalue weighted by Gasteiger charge is 2.08. The molecule has 1 aromatic heterocycles. The van der Waals surface area contributed by atoms with E-state index in [4.69, 9.17) is 16.2 Å². The molecule has 0 aliphatic heterocycles. The lowest BCUT2D eigenvalue weighted by Crippen LogP contribution is -2.16. The summed E-state index contributed by atoms with van der Waals surface area (Å²) in [4.78, 5) is 14.7. The first kappa shape index (κ1) is 9.63. The minimum atomic E-state index is -0.626. The molecule has 1 amide bonds. The molecule has 0 aliphatic carbocycles. The van der Waals surface area contributed by atoms with E-state index in [1.54, 1.807) is 0 Å². The summed E-state index contributed by atoms with van der Waals surface area (Å²) in [7, 11) is 1.46. The van der Waals surface area contributed by atoms with Gasteiger partial charge in [0.1, 0.15) is 6.23 Å². The maximum absolute atomic E-state index is 10.8. The molecule has 1 unspecified atom stereocenters. The highest BCUT2D eigenvalue weighted by Crippen LogP contribution is 2.08. The molecule has 0 radical (unpaired) electrons. The van der Waals surface area contributed by atoms with Gasteiger partial charge in [0.25, 0.3) is 0 Å². The number of carbonyl (C=O) groups is 1. The Morgan fingerprint density at radius 2 is 2.38 bits per heavy atom. The first-order chi connectivity index (χ1) is 6.15. The molecule has 0 bridgehead atoms. The predicted octanol–water partition coefficient (Wildman–Crippen LogP) is -0.216. The van der Waals surface area contributed by atoms with Crippen LogP contribution in [0, 0.1) is 0 Å². The highest BCUT2D eigenvalue weighted by molar-refractivity contribution is 5.92. The number of amides is 1. The number of pyridine rings is 1. The van der Waals surface area contributed by atoms with Gasteiger partial charge in [0, 0.05) is 18.9 Å². The molecule has 13 heavy (non-hydrogen) atoms. The Morgan fingerprint density at radius 1 is 1.69 bits per heavy atom. The summed E-state index contributed by atoms with van der Waals surface area (Å²) in [5.41, 5.74) is 11.5. The van der Waals surface area contributed by atoms with Gasteiger partial charge >= 0.3 is 0 Å². The molecular weight excluding hydrogens is 170 g/mol. The summed E-state index contributed by atoms with van der Waals surface area (Å²) in [5, 5.41) is 0. The van der Waals surface area contributed by atoms with Crippen LogP contribution in [0.4, 0.5) is 0 Å². The molecule has 0 aliphatic rings. The van der Waals surface area contributed by atoms with Crippen molar-refractivity contribution in [3.05, 3.63) is 29.6 Å². The van der Waals surface area contributed by atoms with Crippen LogP contribution in [0.2, 0.25) is 0 Å². The van der Waals surface area contributed by atoms with Crippen LogP contribution in [0.15, 0.2) is 18.3 Å². The number of hydrogen-bond donors (Lipinski definition) is 2. The average molecular weight is 181 g/mol. The Bertz CT molecular complexity index is 314. The molecule has 1 aromatic rings. The van der Waals surface area contributed by atoms with Gasteiger partial charge in [-0.1, -0.05) is 0 Å². The number of aromatic nitrogens is 1. The van der Waals surface area contributed by atoms with E-state index in [2.05, 4.69) is 4.98 Å². The zero-order valence-electron chi connectivity index (χ0n) is 7.23. The number of nitrogens with two attached hydrogens (primary N) is 2. The van der Waals surface area contributed by atoms with Crippen LogP contribution in [0.5, 0.6) is 0 Å². The topological polar surface area (TPSA) is 91.2 Å². The Kier molecular flexibility index (Phi) is 2.94. The SMILES string of the molecule is COC(N)c1cc(C(N)=O)ccn1. The zero-order valence-corrected chi connectivity index (χ0v) is 7.23. The van der Waals surface area contributed by atoms with Gasteiger partial charge in [0.05, 0.1) is 5.69 Å². The molecule has 4 N–H and O–H groups in total. The van der Waals surface area contributed by atoms with E-state index in [0.29, 0.717) is 11.3 Å². The summed E-state index contributed by atoms with van der Waals surface area (Å²) in [6.45, 7) is 0. The van der Waals surface area contributed by atoms with Crippen molar-refractivity contribution in [3.8, 4) is 0 Å². The van der Waals surface area contributed by atoms with E-state index in [9.17, 15) is 4.79 Å². The Labute approximate surface area is 75.7 Å². The van der Waals surface area contributed by atoms with E-state index < -0.39 is 12.1 Å². The van der Waals surface area contributed by atoms with Gasteiger partial charge in [-0.05, 0) is 12.1 Å². The summed E-state index contributed by atoms with van der Waals surface area (Å²) in [5.74, 6) is -0.507. The predicted molar refractivity (Wildman–Crippen MR) is 46.7 cm³/mol. The van der Waals surface area contributed by atoms with Crippen LogP contribution in [-0.4, -0.2) is 18.0 Å². The van der Waals surface area contributed by atoms with Gasteiger partial charge in [-0.25, -0.2) is 0 Å². The van der Waals surface area contributed by atoms with Gasteiger partial charge in [-0.3, -0.25) is 9.78 Å². The van der Waals surface area contributed by atoms with E-state index >= 15 is 0 Å². The average Bonchev–Trinajstić information content (AvgIpc) is 2.17. The van der Waals surface area contributed by atoms with E-state index in [-0.39, 0.29) is 0 Å². The van der Waals surface area contributed by atoms with Crippen molar-refractivity contribution in [2.24, 2.45) is 11.5 Å². The van der Waals surface area contributed by atoms with Crippen molar-refractivity contribution in [3.63, 3.8) is 0 Å². The molecule has 1 heterocycles. The summed E-state index contributed by atoms with van der Waals surface area (Å²) in [6.07, 6.45) is 0.841. The summed E-state index contributed by atoms with van der Waals surface area (Å²) in [6, 6.07) is 3.03. The first-order valence-electron chi connectivity index (χ1n) is 3.69. The lowest BCUT2D eigenvalue weighted by Gasteiger charge is -2.08. The molecule has 0 saturated heterocycles. The second-order valence-corrected chi connectivity index (χ2v) is 2.49. The minimum absolute atomic E-state index is 0.373. The van der Waals surface area contributed by atoms with Crippen molar-refractivity contribution >= 4 is 5.91 Å². The number of ether oxygens (including phenoxy) is 1. The summed E-state index contributed by atoms with van der Waals surface area (Å²) < 4.78 is 4.83. The van der Waals surface area contributed by atoms with E-state index in [1.807, 2.05) is 0 Å². The van der Waals surface area contributed by atoms with Crippen LogP contribution >= 0.6 is 0 Å². The standard InChI is InChI=1S/C8H11N3O2/c1-13-8(10)6-4-5(7(9)12)2-3-11-6/h2-4,8H,10H2,1H3,(H2,9,12). The lowest BCUT2D eigenvalue weighted by molar-refractivity contribution is 0.0994. The van der Waals surface area contributed by atoms with Gasteiger partial charge in [0.15, 0.2) is 0 Å². The van der Waals surface area contributed by atoms with Gasteiger partial charge in [-0.15, -0.1) is 0 Å². The monoisotopic (exact) mass is 181 g/mol. The third-order valence-corrected chi connectivity index (χ3v) is 1.61. The number of carbonyl (C=O) groups excluding carboxylic acids is 1. The number of rotatable bonds is 3. The van der Waals surface area contributed by atoms with E-state index in [0.717, 1.165) is 0 Å². The van der Waals surface area contributed by atoms with Gasteiger partial charge in [0.2, 0.25) is 5.91 Å². The Balaban J connectivity index is 2.98. The molecule has 0 spiro atoms. The van der Waals surface area contributed by atoms with E-state index in [1.165, 1.54) is 25.4 Å². The van der Waals surface area contributed by atoms with Crippen LogP contribution < -0.4 is 11.5 Å². The van der Waals surface area contributed by atoms with Crippen LogP contribution in [0.25, 0.3) is 0 Å². The highest BCUT2D eigenvalue weighted by atomic mass is 16.5. The maximum atomic E-state index is 10.8. The molecule has 1 atom stereocenters. The summed E-state index contributed by atoms with van der Waals surface area (Å²) >= 11 is 0. The molecule has 0 saturated carbocycles. The minimum Gasteiger partial charge on any atom is -0.366 e. The fourth-order valence-corrected chi connectivity index (χ4v) is 0.878. The van der Waals surface area contributed by atoms with Crippen molar-refractivity contribution in [2.75, 3.05) is 7.11 Å². The van der Waals surface area contributed by atoms with Gasteiger partial charge in [-0.2, -0.15) is 0 Å². The lowest BCUT2D eigenvalue weighted by atomic mass is 10.2. The molecular formula is C8H11N3O2. The number of methoxy groups -OCH3 is 1. The first-order valence-corrected chi connectivity index (χ1v) is 3.69.